The van der Waals surface area contributed by atoms with Gasteiger partial charge in [0, 0.05) is 29.6 Å². The van der Waals surface area contributed by atoms with E-state index < -0.39 is 61.9 Å². The Morgan fingerprint density at radius 1 is 0.538 bits per heavy atom. The summed E-state index contributed by atoms with van der Waals surface area (Å²) < 4.78 is 62.7. The van der Waals surface area contributed by atoms with Gasteiger partial charge in [0.1, 0.15) is 0 Å². The van der Waals surface area contributed by atoms with Crippen molar-refractivity contribution in [2.45, 2.75) is 0 Å². The van der Waals surface area contributed by atoms with Crippen molar-refractivity contribution in [2.75, 3.05) is 0 Å². The van der Waals surface area contributed by atoms with E-state index in [0.29, 0.717) is 0 Å². The van der Waals surface area contributed by atoms with Crippen LogP contribution in [-0.4, -0.2) is 108 Å². The van der Waals surface area contributed by atoms with Crippen LogP contribution in [0.3, 0.4) is 0 Å². The Hall–Kier alpha value is 1.53. The molecule has 0 aliphatic carbocycles. The molecule has 0 aromatic heterocycles. The second-order valence-electron chi connectivity index (χ2n) is 0.422. The van der Waals surface area contributed by atoms with Crippen molar-refractivity contribution in [1.29, 1.82) is 0 Å². The van der Waals surface area contributed by atoms with Gasteiger partial charge in [-0.15, -0.1) is 0 Å². The average Bonchev–Trinajstić information content (AvgIpc) is 1.92. The Morgan fingerprint density at radius 2 is 0.538 bits per heavy atom. The van der Waals surface area contributed by atoms with E-state index in [4.69, 9.17) is 31.8 Å². The molecule has 0 atom stereocenters. The van der Waals surface area contributed by atoms with Gasteiger partial charge in [0.25, 0.3) is 0 Å². The molecule has 0 spiro atoms. The van der Waals surface area contributed by atoms with Crippen LogP contribution in [0.5, 0.6) is 0 Å². The van der Waals surface area contributed by atoms with Gasteiger partial charge in [0.05, 0.1) is 0 Å². The van der Waals surface area contributed by atoms with Crippen LogP contribution in [0.1, 0.15) is 0 Å². The van der Waals surface area contributed by atoms with Crippen LogP contribution in [0, 0.1) is 0 Å². The van der Waals surface area contributed by atoms with Crippen LogP contribution in [0.25, 0.3) is 0 Å². The molecule has 0 aliphatic heterocycles. The van der Waals surface area contributed by atoms with Gasteiger partial charge in [-0.25, -0.2) is 0 Å². The normalized spacial score (nSPS) is 2.46. The van der Waals surface area contributed by atoms with Gasteiger partial charge in [-0.05, 0) is 0 Å². The molecule has 13 heteroatoms. The van der Waals surface area contributed by atoms with E-state index in [1.54, 1.807) is 0 Å². The van der Waals surface area contributed by atoms with Crippen LogP contribution in [-0.2, 0) is 15.2 Å². The summed E-state index contributed by atoms with van der Waals surface area (Å²) in [6.07, 6.45) is 0. The van der Waals surface area contributed by atoms with Gasteiger partial charge in [0.15, 0.2) is 0 Å². The molecule has 0 heterocycles. The number of hydrogen-bond donors (Lipinski definition) is 4. The van der Waals surface area contributed by atoms with Crippen molar-refractivity contribution < 1.29 is 31.8 Å². The Bertz CT molecular complexity index is 70.1. The third-order valence-corrected chi connectivity index (χ3v) is 0. The van der Waals surface area contributed by atoms with E-state index in [0.717, 1.165) is 0 Å². The van der Waals surface area contributed by atoms with Gasteiger partial charge in [-0.1, -0.05) is 0 Å². The summed E-state index contributed by atoms with van der Waals surface area (Å²) >= 11 is -6.00. The fourth-order valence-corrected chi connectivity index (χ4v) is 0. The molecular weight excluding hydrogens is 259 g/mol. The SMILES string of the molecule is [Na].[O]=[Al][OH].[O]=[Al][OH].[O]=[Al][OH].[O]=[Al][OH]. The molecule has 13 heavy (non-hydrogen) atoms. The summed E-state index contributed by atoms with van der Waals surface area (Å²) in [4.78, 5) is 0. The first-order chi connectivity index (χ1) is 5.66. The van der Waals surface area contributed by atoms with Gasteiger partial charge in [-0.2, -0.15) is 0 Å². The number of rotatable bonds is 0. The van der Waals surface area contributed by atoms with E-state index in [1.165, 1.54) is 0 Å². The Morgan fingerprint density at radius 3 is 0.538 bits per heavy atom. The molecule has 65 valence electrons. The van der Waals surface area contributed by atoms with Crippen molar-refractivity contribution in [3.63, 3.8) is 0 Å². The molecule has 0 aromatic carbocycles. The summed E-state index contributed by atoms with van der Waals surface area (Å²) in [5.74, 6) is 0. The summed E-state index contributed by atoms with van der Waals surface area (Å²) in [6, 6.07) is 0. The molecule has 4 N–H and O–H groups in total. The first-order valence-corrected chi connectivity index (χ1v) is 5.93. The Labute approximate surface area is 122 Å². The van der Waals surface area contributed by atoms with E-state index >= 15 is 0 Å². The van der Waals surface area contributed by atoms with Crippen LogP contribution in [0.4, 0.5) is 0 Å². The van der Waals surface area contributed by atoms with Gasteiger partial charge in [-0.3, -0.25) is 0 Å². The van der Waals surface area contributed by atoms with Crippen molar-refractivity contribution in [1.82, 2.24) is 0 Å². The van der Waals surface area contributed by atoms with Crippen LogP contribution < -0.4 is 0 Å². The molecule has 0 saturated carbocycles. The van der Waals surface area contributed by atoms with Gasteiger partial charge < -0.3 is 0 Å². The van der Waals surface area contributed by atoms with Crippen LogP contribution in [0.15, 0.2) is 0 Å². The van der Waals surface area contributed by atoms with Crippen LogP contribution >= 0.6 is 0 Å². The molecule has 0 saturated heterocycles. The zero-order valence-electron chi connectivity index (χ0n) is 6.73. The quantitative estimate of drug-likeness (QED) is 0.319. The van der Waals surface area contributed by atoms with Crippen LogP contribution in [0.2, 0.25) is 0 Å². The van der Waals surface area contributed by atoms with Gasteiger partial charge >= 0.3 is 93.8 Å². The predicted octanol–water partition coefficient (Wildman–Crippen LogP) is -4.61. The minimum absolute atomic E-state index is 0. The minimum atomic E-state index is -1.50. The third-order valence-electron chi connectivity index (χ3n) is 0. The Balaban J connectivity index is -0.0000000213. The fraction of sp³-hybridized carbons (Fsp3) is 0. The van der Waals surface area contributed by atoms with Crippen molar-refractivity contribution >= 4 is 91.5 Å². The summed E-state index contributed by atoms with van der Waals surface area (Å²) in [5, 5.41) is 0. The Kier molecular flexibility index (Phi) is 156. The summed E-state index contributed by atoms with van der Waals surface area (Å²) in [6.45, 7) is 0. The molecule has 8 nitrogen and oxygen atoms in total. The maximum atomic E-state index is 8.57. The topological polar surface area (TPSA) is 149 Å². The zero-order valence-corrected chi connectivity index (χ0v) is 13.4. The standard InChI is InChI=1S/4Al.Na.4H2O.4O/h;;;;;4*1H2;;;;/q4*+1;;;;;;;;;/p-4. The molecule has 0 rings (SSSR count). The molecule has 0 aliphatic rings. The maximum absolute atomic E-state index is 8.57. The average molecular weight is 263 g/mol. The second-order valence-corrected chi connectivity index (χ2v) is 1.26. The van der Waals surface area contributed by atoms with Gasteiger partial charge in [0.2, 0.25) is 0 Å². The fourth-order valence-electron chi connectivity index (χ4n) is 0. The molecule has 0 bridgehead atoms. The third kappa shape index (κ3) is 768. The van der Waals surface area contributed by atoms with Crippen molar-refractivity contribution in [2.24, 2.45) is 0 Å². The van der Waals surface area contributed by atoms with Crippen molar-refractivity contribution in [3.8, 4) is 0 Å². The molecule has 0 amide bonds. The number of hydrogen-bond acceptors (Lipinski definition) is 4. The zero-order chi connectivity index (χ0) is 10.8. The van der Waals surface area contributed by atoms with E-state index in [2.05, 4.69) is 0 Å². The molecule has 1 radical (unpaired) electrons. The van der Waals surface area contributed by atoms with E-state index in [-0.39, 0.29) is 29.6 Å². The first kappa shape index (κ1) is 29.3. The van der Waals surface area contributed by atoms with E-state index in [1.807, 2.05) is 0 Å². The molecule has 0 unspecified atom stereocenters. The molecule has 0 fully saturated rings. The molecule has 0 aromatic rings. The predicted molar refractivity (Wildman–Crippen MR) is 40.4 cm³/mol. The summed E-state index contributed by atoms with van der Waals surface area (Å²) in [7, 11) is 0. The summed E-state index contributed by atoms with van der Waals surface area (Å²) in [5.41, 5.74) is 0. The van der Waals surface area contributed by atoms with Crippen molar-refractivity contribution in [3.05, 3.63) is 0 Å². The molecular formula is H4Al4NaO8. The first-order valence-electron chi connectivity index (χ1n) is 1.98. The second kappa shape index (κ2) is 69.5. The van der Waals surface area contributed by atoms with E-state index in [9.17, 15) is 0 Å². The monoisotopic (exact) mass is 263 g/mol.